The molecule has 1 aliphatic heterocycles. The molecule has 1 saturated heterocycles. The third-order valence-corrected chi connectivity index (χ3v) is 3.38. The van der Waals surface area contributed by atoms with Crippen LogP contribution in [0.1, 0.15) is 24.6 Å². The quantitative estimate of drug-likeness (QED) is 0.738. The fourth-order valence-corrected chi connectivity index (χ4v) is 2.32. The number of aromatic nitrogens is 2. The molecular formula is C13H16N2O4. The van der Waals surface area contributed by atoms with Crippen molar-refractivity contribution >= 4 is 0 Å². The van der Waals surface area contributed by atoms with E-state index >= 15 is 0 Å². The van der Waals surface area contributed by atoms with Crippen molar-refractivity contribution in [3.05, 3.63) is 32.6 Å². The highest BCUT2D eigenvalue weighted by atomic mass is 16.5. The largest absolute Gasteiger partial charge is 0.394 e. The summed E-state index contributed by atoms with van der Waals surface area (Å²) in [5.41, 5.74) is -0.485. The third kappa shape index (κ3) is 2.62. The molecule has 0 saturated carbocycles. The van der Waals surface area contributed by atoms with Gasteiger partial charge in [0, 0.05) is 24.1 Å². The van der Waals surface area contributed by atoms with E-state index in [0.29, 0.717) is 18.4 Å². The molecule has 0 spiro atoms. The van der Waals surface area contributed by atoms with Crippen LogP contribution in [0.15, 0.2) is 15.8 Å². The van der Waals surface area contributed by atoms with Crippen molar-refractivity contribution in [1.82, 2.24) is 9.55 Å². The molecular weight excluding hydrogens is 248 g/mol. The number of aliphatic hydroxyl groups excluding tert-OH is 1. The van der Waals surface area contributed by atoms with Gasteiger partial charge in [-0.05, 0) is 13.3 Å². The molecule has 2 heterocycles. The minimum Gasteiger partial charge on any atom is -0.394 e. The highest BCUT2D eigenvalue weighted by molar-refractivity contribution is 5.02. The summed E-state index contributed by atoms with van der Waals surface area (Å²) in [5, 5.41) is 9.26. The molecule has 0 amide bonds. The van der Waals surface area contributed by atoms with Crippen LogP contribution in [0, 0.1) is 25.2 Å². The standard InChI is InChI=1S/C13H16N2O4/c1-3-4-9-5-11(19-10(9)7-16)15-6-8(2)12(17)14-13(15)18/h1,6,9-11,16H,4-5,7H2,2H3,(H,14,17,18). The maximum absolute atomic E-state index is 11.8. The van der Waals surface area contributed by atoms with Gasteiger partial charge in [-0.1, -0.05) is 0 Å². The molecule has 1 fully saturated rings. The smallest absolute Gasteiger partial charge is 0.330 e. The van der Waals surface area contributed by atoms with Gasteiger partial charge in [0.2, 0.25) is 0 Å². The van der Waals surface area contributed by atoms with Crippen LogP contribution in [0.2, 0.25) is 0 Å². The Morgan fingerprint density at radius 2 is 2.37 bits per heavy atom. The predicted octanol–water partition coefficient (Wildman–Crippen LogP) is -0.236. The van der Waals surface area contributed by atoms with Gasteiger partial charge in [-0.2, -0.15) is 0 Å². The van der Waals surface area contributed by atoms with E-state index in [-0.39, 0.29) is 18.6 Å². The fraction of sp³-hybridized carbons (Fsp3) is 0.538. The van der Waals surface area contributed by atoms with Crippen molar-refractivity contribution in [2.75, 3.05) is 6.61 Å². The molecule has 2 rings (SSSR count). The van der Waals surface area contributed by atoms with Gasteiger partial charge in [0.15, 0.2) is 0 Å². The molecule has 102 valence electrons. The van der Waals surface area contributed by atoms with Crippen LogP contribution in [0.25, 0.3) is 0 Å². The maximum atomic E-state index is 11.8. The lowest BCUT2D eigenvalue weighted by molar-refractivity contribution is -0.0323. The van der Waals surface area contributed by atoms with E-state index in [4.69, 9.17) is 11.2 Å². The average Bonchev–Trinajstić information content (AvgIpc) is 2.77. The maximum Gasteiger partial charge on any atom is 0.330 e. The number of rotatable bonds is 3. The highest BCUT2D eigenvalue weighted by Gasteiger charge is 2.35. The number of aliphatic hydroxyl groups is 1. The molecule has 1 aromatic rings. The molecule has 2 N–H and O–H groups in total. The molecule has 19 heavy (non-hydrogen) atoms. The lowest BCUT2D eigenvalue weighted by atomic mass is 9.98. The normalized spacial score (nSPS) is 26.3. The van der Waals surface area contributed by atoms with Gasteiger partial charge in [0.1, 0.15) is 6.23 Å². The number of nitrogens with one attached hydrogen (secondary N) is 1. The first-order valence-corrected chi connectivity index (χ1v) is 6.08. The van der Waals surface area contributed by atoms with E-state index < -0.39 is 17.5 Å². The number of ether oxygens (including phenoxy) is 1. The molecule has 3 unspecified atom stereocenters. The number of hydrogen-bond donors (Lipinski definition) is 2. The second-order valence-corrected chi connectivity index (χ2v) is 4.69. The zero-order valence-electron chi connectivity index (χ0n) is 10.6. The van der Waals surface area contributed by atoms with E-state index in [9.17, 15) is 14.7 Å². The number of H-pyrrole nitrogens is 1. The molecule has 0 aliphatic carbocycles. The van der Waals surface area contributed by atoms with Gasteiger partial charge >= 0.3 is 5.69 Å². The minimum atomic E-state index is -0.515. The van der Waals surface area contributed by atoms with Gasteiger partial charge in [-0.3, -0.25) is 14.3 Å². The summed E-state index contributed by atoms with van der Waals surface area (Å²) in [4.78, 5) is 25.3. The van der Waals surface area contributed by atoms with E-state index in [1.54, 1.807) is 6.92 Å². The lowest BCUT2D eigenvalue weighted by Crippen LogP contribution is -2.33. The SMILES string of the molecule is C#CCC1CC(n2cc(C)c(=O)[nH]c2=O)OC1CO. The van der Waals surface area contributed by atoms with Crippen LogP contribution in [-0.4, -0.2) is 27.4 Å². The summed E-state index contributed by atoms with van der Waals surface area (Å²) in [6.07, 6.45) is 6.90. The number of hydrogen-bond acceptors (Lipinski definition) is 4. The summed E-state index contributed by atoms with van der Waals surface area (Å²) < 4.78 is 6.98. The molecule has 6 nitrogen and oxygen atoms in total. The monoisotopic (exact) mass is 264 g/mol. The Morgan fingerprint density at radius 3 is 3.00 bits per heavy atom. The summed E-state index contributed by atoms with van der Waals surface area (Å²) >= 11 is 0. The third-order valence-electron chi connectivity index (χ3n) is 3.38. The van der Waals surface area contributed by atoms with Crippen LogP contribution in [0.5, 0.6) is 0 Å². The Hall–Kier alpha value is -1.84. The highest BCUT2D eigenvalue weighted by Crippen LogP contribution is 2.34. The molecule has 1 aromatic heterocycles. The fourth-order valence-electron chi connectivity index (χ4n) is 2.32. The first kappa shape index (κ1) is 13.6. The second kappa shape index (κ2) is 5.43. The first-order chi connectivity index (χ1) is 9.06. The zero-order valence-corrected chi connectivity index (χ0v) is 10.6. The summed E-state index contributed by atoms with van der Waals surface area (Å²) in [7, 11) is 0. The van der Waals surface area contributed by atoms with Crippen LogP contribution in [0.4, 0.5) is 0 Å². The summed E-state index contributed by atoms with van der Waals surface area (Å²) in [5.74, 6) is 2.56. The number of terminal acetylenes is 1. The first-order valence-electron chi connectivity index (χ1n) is 6.08. The van der Waals surface area contributed by atoms with Crippen molar-refractivity contribution in [1.29, 1.82) is 0 Å². The van der Waals surface area contributed by atoms with Crippen LogP contribution >= 0.6 is 0 Å². The second-order valence-electron chi connectivity index (χ2n) is 4.69. The molecule has 1 aliphatic rings. The predicted molar refractivity (Wildman–Crippen MR) is 68.6 cm³/mol. The van der Waals surface area contributed by atoms with Gasteiger partial charge in [0.25, 0.3) is 5.56 Å². The minimum absolute atomic E-state index is 0.0131. The topological polar surface area (TPSA) is 84.3 Å². The average molecular weight is 264 g/mol. The van der Waals surface area contributed by atoms with Crippen molar-refractivity contribution in [3.8, 4) is 12.3 Å². The van der Waals surface area contributed by atoms with Crippen LogP contribution in [-0.2, 0) is 4.74 Å². The number of aryl methyl sites for hydroxylation is 1. The van der Waals surface area contributed by atoms with Crippen molar-refractivity contribution in [2.45, 2.75) is 32.1 Å². The number of aromatic amines is 1. The number of nitrogens with zero attached hydrogens (tertiary/aromatic N) is 1. The van der Waals surface area contributed by atoms with Gasteiger partial charge in [0.05, 0.1) is 12.7 Å². The summed E-state index contributed by atoms with van der Waals surface area (Å²) in [6, 6.07) is 0. The molecule has 3 atom stereocenters. The van der Waals surface area contributed by atoms with Crippen LogP contribution in [0.3, 0.4) is 0 Å². The van der Waals surface area contributed by atoms with Crippen LogP contribution < -0.4 is 11.2 Å². The Bertz CT molecular complexity index is 610. The zero-order chi connectivity index (χ0) is 14.0. The Kier molecular flexibility index (Phi) is 3.88. The molecule has 0 radical (unpaired) electrons. The van der Waals surface area contributed by atoms with Crippen molar-refractivity contribution in [2.24, 2.45) is 5.92 Å². The Morgan fingerprint density at radius 1 is 1.63 bits per heavy atom. The molecule has 0 aromatic carbocycles. The van der Waals surface area contributed by atoms with Crippen molar-refractivity contribution < 1.29 is 9.84 Å². The summed E-state index contributed by atoms with van der Waals surface area (Å²) in [6.45, 7) is 1.48. The van der Waals surface area contributed by atoms with Crippen molar-refractivity contribution in [3.63, 3.8) is 0 Å². The van der Waals surface area contributed by atoms with E-state index in [1.807, 2.05) is 0 Å². The van der Waals surface area contributed by atoms with Gasteiger partial charge in [-0.15, -0.1) is 12.3 Å². The molecule has 0 bridgehead atoms. The van der Waals surface area contributed by atoms with E-state index in [1.165, 1.54) is 10.8 Å². The Balaban J connectivity index is 2.30. The molecule has 6 heteroatoms. The van der Waals surface area contributed by atoms with E-state index in [2.05, 4.69) is 10.9 Å². The van der Waals surface area contributed by atoms with Gasteiger partial charge < -0.3 is 9.84 Å². The van der Waals surface area contributed by atoms with Gasteiger partial charge in [-0.25, -0.2) is 4.79 Å². The van der Waals surface area contributed by atoms with E-state index in [0.717, 1.165) is 0 Å². The lowest BCUT2D eigenvalue weighted by Gasteiger charge is -2.15. The Labute approximate surface area is 110 Å².